The lowest BCUT2D eigenvalue weighted by Crippen LogP contribution is -2.24. The number of rotatable bonds is 6. The van der Waals surface area contributed by atoms with Gasteiger partial charge in [-0.3, -0.25) is 0 Å². The molecule has 3 aromatic rings. The summed E-state index contributed by atoms with van der Waals surface area (Å²) in [6, 6.07) is 13.4. The number of thiazole rings is 1. The summed E-state index contributed by atoms with van der Waals surface area (Å²) in [6.07, 6.45) is 2.32. The minimum Gasteiger partial charge on any atom is -0.497 e. The maximum absolute atomic E-state index is 6.15. The molecule has 1 aliphatic rings. The van der Waals surface area contributed by atoms with E-state index in [1.807, 2.05) is 42.5 Å². The Morgan fingerprint density at radius 3 is 2.83 bits per heavy atom. The predicted molar refractivity (Wildman–Crippen MR) is 116 cm³/mol. The van der Waals surface area contributed by atoms with Crippen molar-refractivity contribution in [2.24, 2.45) is 4.99 Å². The Morgan fingerprint density at radius 2 is 2.10 bits per heavy atom. The van der Waals surface area contributed by atoms with Gasteiger partial charge >= 0.3 is 0 Å². The summed E-state index contributed by atoms with van der Waals surface area (Å²) >= 11 is 7.74. The first kappa shape index (κ1) is 20.0. The number of methoxy groups -OCH3 is 2. The molecule has 4 rings (SSSR count). The van der Waals surface area contributed by atoms with E-state index in [1.54, 1.807) is 25.6 Å². The third-order valence-corrected chi connectivity index (χ3v) is 6.02. The Morgan fingerprint density at radius 1 is 1.21 bits per heavy atom. The molecular formula is C22H23ClN2O3S. The summed E-state index contributed by atoms with van der Waals surface area (Å²) in [6.45, 7) is 1.55. The first-order valence-corrected chi connectivity index (χ1v) is 10.8. The van der Waals surface area contributed by atoms with Crippen molar-refractivity contribution in [2.75, 3.05) is 20.8 Å². The molecule has 0 bridgehead atoms. The summed E-state index contributed by atoms with van der Waals surface area (Å²) in [4.78, 5) is 5.75. The van der Waals surface area contributed by atoms with Crippen LogP contribution in [-0.4, -0.2) is 31.5 Å². The van der Waals surface area contributed by atoms with Crippen LogP contribution in [0.4, 0.5) is 5.69 Å². The lowest BCUT2D eigenvalue weighted by Gasteiger charge is -2.16. The summed E-state index contributed by atoms with van der Waals surface area (Å²) in [5, 5.41) is 2.78. The first-order chi connectivity index (χ1) is 14.2. The van der Waals surface area contributed by atoms with Gasteiger partial charge in [0.05, 0.1) is 38.2 Å². The molecule has 1 fully saturated rings. The number of benzene rings is 2. The van der Waals surface area contributed by atoms with Gasteiger partial charge in [-0.2, -0.15) is 0 Å². The van der Waals surface area contributed by atoms with Crippen LogP contribution < -0.4 is 14.3 Å². The van der Waals surface area contributed by atoms with E-state index >= 15 is 0 Å². The minimum absolute atomic E-state index is 0.179. The molecule has 7 heteroatoms. The predicted octanol–water partition coefficient (Wildman–Crippen LogP) is 5.30. The van der Waals surface area contributed by atoms with Gasteiger partial charge < -0.3 is 18.8 Å². The van der Waals surface area contributed by atoms with E-state index in [1.165, 1.54) is 0 Å². The number of hydrogen-bond donors (Lipinski definition) is 0. The average Bonchev–Trinajstić information content (AvgIpc) is 3.38. The van der Waals surface area contributed by atoms with E-state index < -0.39 is 0 Å². The van der Waals surface area contributed by atoms with Gasteiger partial charge in [0.1, 0.15) is 11.5 Å². The SMILES string of the molecule is COc1ccc(OC)c(-c2csc(=Nc3cccc(Cl)c3)n2CC2CCCO2)c1. The highest BCUT2D eigenvalue weighted by atomic mass is 35.5. The smallest absolute Gasteiger partial charge is 0.190 e. The fourth-order valence-electron chi connectivity index (χ4n) is 3.47. The molecule has 29 heavy (non-hydrogen) atoms. The van der Waals surface area contributed by atoms with Gasteiger partial charge in [0, 0.05) is 22.6 Å². The monoisotopic (exact) mass is 430 g/mol. The van der Waals surface area contributed by atoms with Crippen molar-refractivity contribution in [3.63, 3.8) is 0 Å². The highest BCUT2D eigenvalue weighted by Crippen LogP contribution is 2.34. The first-order valence-electron chi connectivity index (χ1n) is 9.50. The van der Waals surface area contributed by atoms with Gasteiger partial charge in [-0.1, -0.05) is 17.7 Å². The van der Waals surface area contributed by atoms with Crippen LogP contribution in [0.1, 0.15) is 12.8 Å². The maximum Gasteiger partial charge on any atom is 0.190 e. The van der Waals surface area contributed by atoms with E-state index in [2.05, 4.69) is 9.95 Å². The standard InChI is InChI=1S/C22H23ClN2O3S/c1-26-17-8-9-21(27-2)19(12-17)20-14-29-22(24-16-6-3-5-15(23)11-16)25(20)13-18-7-4-10-28-18/h3,5-6,8-9,11-12,14,18H,4,7,10,13H2,1-2H3. The Hall–Kier alpha value is -2.28. The summed E-state index contributed by atoms with van der Waals surface area (Å²) < 4.78 is 19.2. The molecule has 152 valence electrons. The van der Waals surface area contributed by atoms with Crippen molar-refractivity contribution < 1.29 is 14.2 Å². The van der Waals surface area contributed by atoms with E-state index in [4.69, 9.17) is 30.8 Å². The molecule has 1 unspecified atom stereocenters. The Kier molecular flexibility index (Phi) is 6.23. The van der Waals surface area contributed by atoms with Crippen LogP contribution in [0.5, 0.6) is 11.5 Å². The average molecular weight is 431 g/mol. The molecule has 0 amide bonds. The van der Waals surface area contributed by atoms with Crippen molar-refractivity contribution in [3.05, 3.63) is 57.7 Å². The molecule has 1 saturated heterocycles. The molecule has 0 radical (unpaired) electrons. The van der Waals surface area contributed by atoms with E-state index in [-0.39, 0.29) is 6.10 Å². The molecule has 5 nitrogen and oxygen atoms in total. The number of hydrogen-bond acceptors (Lipinski definition) is 5. The van der Waals surface area contributed by atoms with Crippen molar-refractivity contribution in [2.45, 2.75) is 25.5 Å². The highest BCUT2D eigenvalue weighted by molar-refractivity contribution is 7.07. The van der Waals surface area contributed by atoms with Crippen LogP contribution in [0.25, 0.3) is 11.3 Å². The van der Waals surface area contributed by atoms with Crippen molar-refractivity contribution >= 4 is 28.6 Å². The molecule has 0 saturated carbocycles. The van der Waals surface area contributed by atoms with Crippen molar-refractivity contribution in [1.82, 2.24) is 4.57 Å². The van der Waals surface area contributed by atoms with Crippen LogP contribution in [0, 0.1) is 0 Å². The lowest BCUT2D eigenvalue weighted by atomic mass is 10.1. The molecule has 1 atom stereocenters. The quantitative estimate of drug-likeness (QED) is 0.533. The fourth-order valence-corrected chi connectivity index (χ4v) is 4.59. The van der Waals surface area contributed by atoms with E-state index in [0.717, 1.165) is 59.2 Å². The number of ether oxygens (including phenoxy) is 3. The van der Waals surface area contributed by atoms with Crippen molar-refractivity contribution in [1.29, 1.82) is 0 Å². The summed E-state index contributed by atoms with van der Waals surface area (Å²) in [5.41, 5.74) is 2.82. The van der Waals surface area contributed by atoms with Gasteiger partial charge in [0.15, 0.2) is 4.80 Å². The number of nitrogens with zero attached hydrogens (tertiary/aromatic N) is 2. The van der Waals surface area contributed by atoms with Crippen LogP contribution >= 0.6 is 22.9 Å². The molecule has 0 spiro atoms. The third-order valence-electron chi connectivity index (χ3n) is 4.92. The van der Waals surface area contributed by atoms with Crippen LogP contribution in [-0.2, 0) is 11.3 Å². The van der Waals surface area contributed by atoms with Crippen molar-refractivity contribution in [3.8, 4) is 22.8 Å². The topological polar surface area (TPSA) is 45.0 Å². The second kappa shape index (κ2) is 9.03. The van der Waals surface area contributed by atoms with Gasteiger partial charge in [-0.05, 0) is 49.2 Å². The zero-order chi connectivity index (χ0) is 20.2. The molecular weight excluding hydrogens is 408 g/mol. The fraction of sp³-hybridized carbons (Fsp3) is 0.318. The second-order valence-electron chi connectivity index (χ2n) is 6.81. The van der Waals surface area contributed by atoms with Gasteiger partial charge in [0.2, 0.25) is 0 Å². The van der Waals surface area contributed by atoms with Gasteiger partial charge in [-0.25, -0.2) is 4.99 Å². The molecule has 2 heterocycles. The zero-order valence-electron chi connectivity index (χ0n) is 16.4. The van der Waals surface area contributed by atoms with E-state index in [0.29, 0.717) is 5.02 Å². The Bertz CT molecular complexity index is 1050. The molecule has 1 aromatic heterocycles. The summed E-state index contributed by atoms with van der Waals surface area (Å²) in [5.74, 6) is 1.57. The highest BCUT2D eigenvalue weighted by Gasteiger charge is 2.20. The van der Waals surface area contributed by atoms with E-state index in [9.17, 15) is 0 Å². The van der Waals surface area contributed by atoms with Crippen LogP contribution in [0.2, 0.25) is 5.02 Å². The molecule has 2 aromatic carbocycles. The zero-order valence-corrected chi connectivity index (χ0v) is 18.0. The molecule has 0 aliphatic carbocycles. The van der Waals surface area contributed by atoms with Gasteiger partial charge in [-0.15, -0.1) is 11.3 Å². The number of halogens is 1. The van der Waals surface area contributed by atoms with Crippen LogP contribution in [0.3, 0.4) is 0 Å². The normalized spacial score (nSPS) is 16.9. The second-order valence-corrected chi connectivity index (χ2v) is 8.08. The largest absolute Gasteiger partial charge is 0.497 e. The maximum atomic E-state index is 6.15. The van der Waals surface area contributed by atoms with Crippen LogP contribution in [0.15, 0.2) is 52.8 Å². The summed E-state index contributed by atoms with van der Waals surface area (Å²) in [7, 11) is 3.35. The van der Waals surface area contributed by atoms with Gasteiger partial charge in [0.25, 0.3) is 0 Å². The minimum atomic E-state index is 0.179. The number of aromatic nitrogens is 1. The molecule has 1 aliphatic heterocycles. The lowest BCUT2D eigenvalue weighted by molar-refractivity contribution is 0.0968. The Balaban J connectivity index is 1.85. The third kappa shape index (κ3) is 4.50. The molecule has 0 N–H and O–H groups in total. The Labute approximate surface area is 179 Å².